The fourth-order valence-electron chi connectivity index (χ4n) is 4.78. The number of carbonyl (C=O) groups is 1. The number of aliphatic hydroxyl groups is 1. The van der Waals surface area contributed by atoms with Gasteiger partial charge in [0.25, 0.3) is 0 Å². The highest BCUT2D eigenvalue weighted by atomic mass is 79.9. The Labute approximate surface area is 218 Å². The highest BCUT2D eigenvalue weighted by Gasteiger charge is 2.37. The molecule has 0 spiro atoms. The number of amides is 1. The minimum atomic E-state index is -0.583. The first-order chi connectivity index (χ1) is 16.4. The van der Waals surface area contributed by atoms with E-state index in [0.29, 0.717) is 64.5 Å². The average molecular weight is 572 g/mol. The highest BCUT2D eigenvalue weighted by Crippen LogP contribution is 2.45. The number of rotatable bonds is 4. The average Bonchev–Trinajstić information content (AvgIpc) is 2.77. The van der Waals surface area contributed by atoms with Gasteiger partial charge in [-0.25, -0.2) is 9.59 Å². The number of ether oxygens (including phenoxy) is 2. The number of halogens is 2. The van der Waals surface area contributed by atoms with E-state index in [9.17, 15) is 14.7 Å². The lowest BCUT2D eigenvalue weighted by Crippen LogP contribution is -2.59. The standard InChI is InChI=1S/C24H32BrClN4O5/c1-13-11-29(23(33)35-24(3,4)5)14(2)10-28(13)21-16-9-17(26)18(25)20-19(16)30(22(32)27-21)15(12-34-20)7-6-8-31/h9,13-15,31H,6-8,10-12H2,1-5H3/t13-,14+,15+/m0/s1. The summed E-state index contributed by atoms with van der Waals surface area (Å²) in [6, 6.07) is 1.29. The highest BCUT2D eigenvalue weighted by molar-refractivity contribution is 9.10. The molecule has 1 fully saturated rings. The summed E-state index contributed by atoms with van der Waals surface area (Å²) in [5.74, 6) is 1.04. The molecule has 2 aromatic rings. The molecular formula is C24H32BrClN4O5. The van der Waals surface area contributed by atoms with Crippen molar-refractivity contribution in [1.29, 1.82) is 0 Å². The quantitative estimate of drug-likeness (QED) is 0.583. The van der Waals surface area contributed by atoms with Crippen LogP contribution in [0.2, 0.25) is 5.02 Å². The Morgan fingerprint density at radius 2 is 2.03 bits per heavy atom. The first kappa shape index (κ1) is 26.0. The number of hydrogen-bond donors (Lipinski definition) is 1. The maximum absolute atomic E-state index is 13.4. The number of hydrogen-bond acceptors (Lipinski definition) is 7. The van der Waals surface area contributed by atoms with Crippen LogP contribution in [0.1, 0.15) is 53.5 Å². The Kier molecular flexibility index (Phi) is 7.28. The van der Waals surface area contributed by atoms with Gasteiger partial charge in [-0.05, 0) is 69.5 Å². The summed E-state index contributed by atoms with van der Waals surface area (Å²) < 4.78 is 13.9. The number of benzene rings is 1. The minimum Gasteiger partial charge on any atom is -0.488 e. The largest absolute Gasteiger partial charge is 0.488 e. The number of aromatic nitrogens is 2. The Balaban J connectivity index is 1.77. The second-order valence-corrected chi connectivity index (χ2v) is 11.5. The van der Waals surface area contributed by atoms with Gasteiger partial charge in [0, 0.05) is 37.2 Å². The van der Waals surface area contributed by atoms with E-state index in [1.54, 1.807) is 15.5 Å². The summed E-state index contributed by atoms with van der Waals surface area (Å²) >= 11 is 10.1. The van der Waals surface area contributed by atoms with Crippen LogP contribution in [-0.2, 0) is 4.74 Å². The Morgan fingerprint density at radius 1 is 1.31 bits per heavy atom. The van der Waals surface area contributed by atoms with E-state index < -0.39 is 5.60 Å². The van der Waals surface area contributed by atoms with Crippen LogP contribution in [0.15, 0.2) is 15.3 Å². The first-order valence-electron chi connectivity index (χ1n) is 11.9. The molecule has 1 aromatic heterocycles. The maximum Gasteiger partial charge on any atom is 0.410 e. The van der Waals surface area contributed by atoms with Crippen LogP contribution in [0, 0.1) is 0 Å². The van der Waals surface area contributed by atoms with Crippen LogP contribution < -0.4 is 15.3 Å². The molecule has 1 amide bonds. The molecule has 0 unspecified atom stereocenters. The molecule has 35 heavy (non-hydrogen) atoms. The molecule has 192 valence electrons. The lowest BCUT2D eigenvalue weighted by Gasteiger charge is -2.45. The summed E-state index contributed by atoms with van der Waals surface area (Å²) in [6.07, 6.45) is 0.789. The number of carbonyl (C=O) groups excluding carboxylic acids is 1. The van der Waals surface area contributed by atoms with Gasteiger partial charge in [0.1, 0.15) is 23.5 Å². The SMILES string of the molecule is C[C@@H]1CN(c2nc(=O)n3c4c(c(Br)c(Cl)cc24)OC[C@H]3CCCO)[C@@H](C)CN1C(=O)OC(C)(C)C. The lowest BCUT2D eigenvalue weighted by atomic mass is 10.1. The normalized spacial score (nSPS) is 22.3. The summed E-state index contributed by atoms with van der Waals surface area (Å²) in [5.41, 5.74) is -0.316. The van der Waals surface area contributed by atoms with Gasteiger partial charge in [-0.3, -0.25) is 4.57 Å². The lowest BCUT2D eigenvalue weighted by molar-refractivity contribution is 0.0130. The van der Waals surface area contributed by atoms with Crippen molar-refractivity contribution in [3.8, 4) is 5.75 Å². The van der Waals surface area contributed by atoms with Crippen molar-refractivity contribution in [2.45, 2.75) is 71.2 Å². The van der Waals surface area contributed by atoms with Crippen molar-refractivity contribution in [2.75, 3.05) is 31.2 Å². The summed E-state index contributed by atoms with van der Waals surface area (Å²) in [7, 11) is 0. The second kappa shape index (κ2) is 9.78. The third kappa shape index (κ3) is 4.97. The molecule has 0 aliphatic carbocycles. The Morgan fingerprint density at radius 3 is 2.69 bits per heavy atom. The fourth-order valence-corrected chi connectivity index (χ4v) is 5.39. The van der Waals surface area contributed by atoms with Gasteiger partial charge in [-0.1, -0.05) is 11.6 Å². The molecule has 2 aliphatic rings. The fraction of sp³-hybridized carbons (Fsp3) is 0.625. The second-order valence-electron chi connectivity index (χ2n) is 10.3. The van der Waals surface area contributed by atoms with Crippen LogP contribution >= 0.6 is 27.5 Å². The van der Waals surface area contributed by atoms with Crippen LogP contribution in [0.3, 0.4) is 0 Å². The minimum absolute atomic E-state index is 0.0361. The van der Waals surface area contributed by atoms with E-state index in [0.717, 1.165) is 0 Å². The number of nitrogens with zero attached hydrogens (tertiary/aromatic N) is 4. The maximum atomic E-state index is 13.4. The monoisotopic (exact) mass is 570 g/mol. The molecule has 1 saturated heterocycles. The van der Waals surface area contributed by atoms with Crippen molar-refractivity contribution in [3.05, 3.63) is 26.0 Å². The van der Waals surface area contributed by atoms with Crippen LogP contribution in [0.25, 0.3) is 10.9 Å². The molecule has 11 heteroatoms. The summed E-state index contributed by atoms with van der Waals surface area (Å²) in [5, 5.41) is 10.5. The Bertz CT molecular complexity index is 1200. The third-order valence-electron chi connectivity index (χ3n) is 6.41. The van der Waals surface area contributed by atoms with Gasteiger partial charge in [0.15, 0.2) is 5.75 Å². The number of anilines is 1. The van der Waals surface area contributed by atoms with Crippen molar-refractivity contribution in [1.82, 2.24) is 14.5 Å². The van der Waals surface area contributed by atoms with Gasteiger partial charge in [0.05, 0.1) is 15.5 Å². The van der Waals surface area contributed by atoms with E-state index in [-0.39, 0.29) is 36.5 Å². The number of aliphatic hydroxyl groups excluding tert-OH is 1. The van der Waals surface area contributed by atoms with Crippen molar-refractivity contribution in [3.63, 3.8) is 0 Å². The first-order valence-corrected chi connectivity index (χ1v) is 13.0. The van der Waals surface area contributed by atoms with E-state index in [2.05, 4.69) is 25.8 Å². The van der Waals surface area contributed by atoms with Crippen LogP contribution in [0.4, 0.5) is 10.6 Å². The zero-order valence-corrected chi connectivity index (χ0v) is 23.0. The van der Waals surface area contributed by atoms with E-state index in [1.165, 1.54) is 0 Å². The Hall–Kier alpha value is -2.04. The van der Waals surface area contributed by atoms with E-state index in [4.69, 9.17) is 21.1 Å². The molecule has 2 aliphatic heterocycles. The molecule has 0 radical (unpaired) electrons. The molecule has 3 atom stereocenters. The summed E-state index contributed by atoms with van der Waals surface area (Å²) in [6.45, 7) is 10.7. The summed E-state index contributed by atoms with van der Waals surface area (Å²) in [4.78, 5) is 34.5. The van der Waals surface area contributed by atoms with Gasteiger partial charge in [-0.2, -0.15) is 4.98 Å². The molecule has 4 rings (SSSR count). The van der Waals surface area contributed by atoms with Crippen LogP contribution in [0.5, 0.6) is 5.75 Å². The van der Waals surface area contributed by atoms with Gasteiger partial charge >= 0.3 is 11.8 Å². The smallest absolute Gasteiger partial charge is 0.410 e. The van der Waals surface area contributed by atoms with Crippen LogP contribution in [-0.4, -0.2) is 69.6 Å². The number of piperazine rings is 1. The van der Waals surface area contributed by atoms with Gasteiger partial charge in [0.2, 0.25) is 0 Å². The zero-order valence-electron chi connectivity index (χ0n) is 20.7. The van der Waals surface area contributed by atoms with E-state index >= 15 is 0 Å². The van der Waals surface area contributed by atoms with Crippen molar-refractivity contribution < 1.29 is 19.4 Å². The molecule has 0 saturated carbocycles. The van der Waals surface area contributed by atoms with Crippen molar-refractivity contribution >= 4 is 50.3 Å². The predicted octanol–water partition coefficient (Wildman–Crippen LogP) is 4.35. The topological polar surface area (TPSA) is 97.1 Å². The molecule has 1 aromatic carbocycles. The third-order valence-corrected chi connectivity index (χ3v) is 7.72. The van der Waals surface area contributed by atoms with Gasteiger partial charge in [-0.15, -0.1) is 0 Å². The molecule has 1 N–H and O–H groups in total. The van der Waals surface area contributed by atoms with Gasteiger partial charge < -0.3 is 24.4 Å². The molecule has 3 heterocycles. The molecule has 0 bridgehead atoms. The molecular weight excluding hydrogens is 540 g/mol. The van der Waals surface area contributed by atoms with E-state index in [1.807, 2.05) is 34.6 Å². The molecule has 9 nitrogen and oxygen atoms in total. The zero-order chi connectivity index (χ0) is 25.7. The predicted molar refractivity (Wildman–Crippen MR) is 139 cm³/mol. The van der Waals surface area contributed by atoms with Crippen molar-refractivity contribution in [2.24, 2.45) is 0 Å².